The van der Waals surface area contributed by atoms with Crippen molar-refractivity contribution in [3.63, 3.8) is 0 Å². The Morgan fingerprint density at radius 1 is 1.40 bits per heavy atom. The van der Waals surface area contributed by atoms with E-state index in [0.29, 0.717) is 16.8 Å². The number of thiophene rings is 1. The molecule has 6 nitrogen and oxygen atoms in total. The topological polar surface area (TPSA) is 80.5 Å². The monoisotopic (exact) mass is 307 g/mol. The second-order valence-corrected chi connectivity index (χ2v) is 6.32. The molecule has 8 heteroatoms. The highest BCUT2D eigenvalue weighted by Crippen LogP contribution is 2.24. The summed E-state index contributed by atoms with van der Waals surface area (Å²) >= 11 is 3.10. The fourth-order valence-electron chi connectivity index (χ4n) is 1.52. The minimum atomic E-state index is 0.270. The number of aromatic nitrogens is 5. The van der Waals surface area contributed by atoms with Gasteiger partial charge in [0, 0.05) is 5.92 Å². The van der Waals surface area contributed by atoms with Crippen LogP contribution in [-0.2, 0) is 5.75 Å². The van der Waals surface area contributed by atoms with E-state index in [0.717, 1.165) is 16.5 Å². The van der Waals surface area contributed by atoms with E-state index < -0.39 is 0 Å². The van der Waals surface area contributed by atoms with Gasteiger partial charge in [0.25, 0.3) is 0 Å². The van der Waals surface area contributed by atoms with Crippen LogP contribution in [-0.4, -0.2) is 25.3 Å². The number of aromatic amines is 1. The lowest BCUT2D eigenvalue weighted by atomic mass is 10.2. The first-order valence-corrected chi connectivity index (χ1v) is 8.00. The van der Waals surface area contributed by atoms with Gasteiger partial charge in [-0.3, -0.25) is 5.10 Å². The van der Waals surface area contributed by atoms with Gasteiger partial charge in [-0.15, -0.1) is 16.4 Å². The third-order valence-corrected chi connectivity index (χ3v) is 4.25. The lowest BCUT2D eigenvalue weighted by Crippen LogP contribution is -1.90. The molecule has 0 spiro atoms. The number of nitrogens with one attached hydrogen (secondary N) is 1. The van der Waals surface area contributed by atoms with E-state index in [9.17, 15) is 0 Å². The molecule has 0 aromatic carbocycles. The maximum absolute atomic E-state index is 5.18. The summed E-state index contributed by atoms with van der Waals surface area (Å²) in [6, 6.07) is 3.99. The average molecular weight is 307 g/mol. The van der Waals surface area contributed by atoms with Crippen LogP contribution in [0.3, 0.4) is 0 Å². The second kappa shape index (κ2) is 5.76. The summed E-state index contributed by atoms with van der Waals surface area (Å²) in [6.07, 6.45) is 0. The fraction of sp³-hybridized carbons (Fsp3) is 0.333. The van der Waals surface area contributed by atoms with E-state index in [1.807, 2.05) is 31.4 Å². The maximum Gasteiger partial charge on any atom is 0.237 e. The van der Waals surface area contributed by atoms with Crippen molar-refractivity contribution >= 4 is 23.1 Å². The molecule has 0 saturated heterocycles. The number of H-pyrrole nitrogens is 1. The molecule has 0 radical (unpaired) electrons. The molecule has 1 N–H and O–H groups in total. The van der Waals surface area contributed by atoms with Gasteiger partial charge in [-0.2, -0.15) is 4.98 Å². The highest BCUT2D eigenvalue weighted by Gasteiger charge is 2.12. The quantitative estimate of drug-likeness (QED) is 0.728. The SMILES string of the molecule is CC(C)c1noc(CSc2n[nH]c(-c3cccs3)n2)n1. The molecule has 0 bridgehead atoms. The number of rotatable bonds is 5. The largest absolute Gasteiger partial charge is 0.338 e. The Bertz CT molecular complexity index is 674. The Kier molecular flexibility index (Phi) is 3.83. The molecule has 0 fully saturated rings. The number of hydrogen-bond acceptors (Lipinski definition) is 7. The van der Waals surface area contributed by atoms with Crippen molar-refractivity contribution in [1.82, 2.24) is 25.3 Å². The molecule has 0 saturated carbocycles. The van der Waals surface area contributed by atoms with Crippen molar-refractivity contribution in [2.45, 2.75) is 30.7 Å². The molecule has 0 atom stereocenters. The first-order valence-electron chi connectivity index (χ1n) is 6.14. The Morgan fingerprint density at radius 3 is 3.00 bits per heavy atom. The van der Waals surface area contributed by atoms with E-state index in [4.69, 9.17) is 4.52 Å². The van der Waals surface area contributed by atoms with Gasteiger partial charge in [-0.25, -0.2) is 4.98 Å². The van der Waals surface area contributed by atoms with Crippen LogP contribution in [0, 0.1) is 0 Å². The highest BCUT2D eigenvalue weighted by atomic mass is 32.2. The van der Waals surface area contributed by atoms with Gasteiger partial charge in [0.15, 0.2) is 11.6 Å². The average Bonchev–Trinajstić information content (AvgIpc) is 3.17. The van der Waals surface area contributed by atoms with Crippen LogP contribution in [0.1, 0.15) is 31.5 Å². The van der Waals surface area contributed by atoms with Gasteiger partial charge in [0.1, 0.15) is 0 Å². The van der Waals surface area contributed by atoms with Gasteiger partial charge >= 0.3 is 0 Å². The van der Waals surface area contributed by atoms with Crippen LogP contribution in [0.25, 0.3) is 10.7 Å². The predicted octanol–water partition coefficient (Wildman–Crippen LogP) is 3.33. The predicted molar refractivity (Wildman–Crippen MR) is 77.6 cm³/mol. The number of hydrogen-bond donors (Lipinski definition) is 1. The molecule has 20 heavy (non-hydrogen) atoms. The van der Waals surface area contributed by atoms with E-state index in [1.54, 1.807) is 11.3 Å². The van der Waals surface area contributed by atoms with Crippen molar-refractivity contribution in [3.8, 4) is 10.7 Å². The summed E-state index contributed by atoms with van der Waals surface area (Å²) in [7, 11) is 0. The van der Waals surface area contributed by atoms with Crippen LogP contribution >= 0.6 is 23.1 Å². The van der Waals surface area contributed by atoms with E-state index in [-0.39, 0.29) is 5.92 Å². The van der Waals surface area contributed by atoms with Gasteiger partial charge in [0.2, 0.25) is 11.0 Å². The fourth-order valence-corrected chi connectivity index (χ4v) is 2.82. The lowest BCUT2D eigenvalue weighted by molar-refractivity contribution is 0.383. The summed E-state index contributed by atoms with van der Waals surface area (Å²) in [5.41, 5.74) is 0. The zero-order valence-electron chi connectivity index (χ0n) is 11.0. The third kappa shape index (κ3) is 2.91. The molecule has 0 aliphatic heterocycles. The van der Waals surface area contributed by atoms with Crippen LogP contribution in [0.15, 0.2) is 27.2 Å². The molecule has 3 aromatic heterocycles. The Labute approximate surface area is 124 Å². The van der Waals surface area contributed by atoms with Gasteiger partial charge in [-0.1, -0.05) is 36.8 Å². The van der Waals surface area contributed by atoms with Crippen LogP contribution in [0.4, 0.5) is 0 Å². The molecule has 3 rings (SSSR count). The zero-order chi connectivity index (χ0) is 13.9. The molecular formula is C12H13N5OS2. The first-order chi connectivity index (χ1) is 9.72. The highest BCUT2D eigenvalue weighted by molar-refractivity contribution is 7.98. The number of nitrogens with zero attached hydrogens (tertiary/aromatic N) is 4. The minimum Gasteiger partial charge on any atom is -0.338 e. The van der Waals surface area contributed by atoms with Crippen molar-refractivity contribution in [3.05, 3.63) is 29.2 Å². The normalized spacial score (nSPS) is 11.3. The van der Waals surface area contributed by atoms with E-state index >= 15 is 0 Å². The molecule has 0 unspecified atom stereocenters. The first kappa shape index (κ1) is 13.3. The smallest absolute Gasteiger partial charge is 0.237 e. The molecule has 3 heterocycles. The summed E-state index contributed by atoms with van der Waals surface area (Å²) in [5.74, 6) is 2.96. The summed E-state index contributed by atoms with van der Waals surface area (Å²) in [5, 5.41) is 13.7. The van der Waals surface area contributed by atoms with Gasteiger partial charge < -0.3 is 4.52 Å². The summed E-state index contributed by atoms with van der Waals surface area (Å²) < 4.78 is 5.18. The Balaban J connectivity index is 1.63. The molecule has 3 aromatic rings. The molecule has 0 amide bonds. The van der Waals surface area contributed by atoms with Gasteiger partial charge in [0.05, 0.1) is 10.6 Å². The number of thioether (sulfide) groups is 1. The Morgan fingerprint density at radius 2 is 2.30 bits per heavy atom. The second-order valence-electron chi connectivity index (χ2n) is 4.43. The minimum absolute atomic E-state index is 0.270. The van der Waals surface area contributed by atoms with Crippen LogP contribution in [0.5, 0.6) is 0 Å². The molecule has 104 valence electrons. The lowest BCUT2D eigenvalue weighted by Gasteiger charge is -1.92. The van der Waals surface area contributed by atoms with E-state index in [2.05, 4.69) is 25.3 Å². The standard InChI is InChI=1S/C12H13N5OS2/c1-7(2)10-13-9(18-17-10)6-20-12-14-11(15-16-12)8-4-3-5-19-8/h3-5,7H,6H2,1-2H3,(H,14,15,16). The molecular weight excluding hydrogens is 294 g/mol. The van der Waals surface area contributed by atoms with Gasteiger partial charge in [-0.05, 0) is 11.4 Å². The van der Waals surface area contributed by atoms with Crippen LogP contribution < -0.4 is 0 Å². The summed E-state index contributed by atoms with van der Waals surface area (Å²) in [4.78, 5) is 9.82. The molecule has 0 aliphatic carbocycles. The Hall–Kier alpha value is -1.67. The van der Waals surface area contributed by atoms with Crippen molar-refractivity contribution in [2.75, 3.05) is 0 Å². The van der Waals surface area contributed by atoms with E-state index in [1.165, 1.54) is 11.8 Å². The van der Waals surface area contributed by atoms with Crippen LogP contribution in [0.2, 0.25) is 0 Å². The summed E-state index contributed by atoms with van der Waals surface area (Å²) in [6.45, 7) is 4.06. The zero-order valence-corrected chi connectivity index (χ0v) is 12.7. The molecule has 0 aliphatic rings. The van der Waals surface area contributed by atoms with Crippen molar-refractivity contribution in [2.24, 2.45) is 0 Å². The van der Waals surface area contributed by atoms with Crippen molar-refractivity contribution < 1.29 is 4.52 Å². The third-order valence-electron chi connectivity index (χ3n) is 2.54. The van der Waals surface area contributed by atoms with Crippen molar-refractivity contribution in [1.29, 1.82) is 0 Å². The maximum atomic E-state index is 5.18.